The van der Waals surface area contributed by atoms with Gasteiger partial charge in [-0.2, -0.15) is 4.57 Å². The van der Waals surface area contributed by atoms with E-state index in [0.29, 0.717) is 28.7 Å². The van der Waals surface area contributed by atoms with Gasteiger partial charge in [0.2, 0.25) is 23.6 Å². The van der Waals surface area contributed by atoms with Crippen molar-refractivity contribution in [3.8, 4) is 11.5 Å². The molecule has 16 rings (SSSR count). The third-order valence-electron chi connectivity index (χ3n) is 24.6. The average molecular weight is 1970 g/mol. The van der Waals surface area contributed by atoms with Gasteiger partial charge in [-0.1, -0.05) is 156 Å². The van der Waals surface area contributed by atoms with Crippen molar-refractivity contribution in [2.24, 2.45) is 47.3 Å². The van der Waals surface area contributed by atoms with E-state index in [-0.39, 0.29) is 132 Å². The predicted molar refractivity (Wildman–Crippen MR) is 516 cm³/mol. The minimum Gasteiger partial charge on any atom is -0.477 e. The van der Waals surface area contributed by atoms with Crippen molar-refractivity contribution >= 4 is 158 Å². The van der Waals surface area contributed by atoms with Gasteiger partial charge in [-0.15, -0.1) is 34.0 Å². The molecule has 0 unspecified atom stereocenters. The summed E-state index contributed by atoms with van der Waals surface area (Å²) in [7, 11) is -4.02. The maximum absolute atomic E-state index is 14.2. The molecule has 4 saturated heterocycles. The topological polar surface area (TPSA) is 358 Å². The molecule has 11 aliphatic rings. The molecule has 0 aliphatic carbocycles. The van der Waals surface area contributed by atoms with Crippen LogP contribution in [0.2, 0.25) is 39.3 Å². The second-order valence-corrected chi connectivity index (χ2v) is 53.2. The maximum atomic E-state index is 14.2. The molecule has 4 amide bonds. The van der Waals surface area contributed by atoms with Crippen LogP contribution in [-0.2, 0) is 70.5 Å². The molecule has 0 spiro atoms. The number of phosphoric ester groups is 1. The second kappa shape index (κ2) is 41.5. The quantitative estimate of drug-likeness (QED) is 0.00757. The average Bonchev–Trinajstić information content (AvgIpc) is 1.57. The van der Waals surface area contributed by atoms with Crippen molar-refractivity contribution < 1.29 is 94.9 Å². The molecular weight excluding hydrogens is 1860 g/mol. The Kier molecular flexibility index (Phi) is 31.7. The molecule has 14 heterocycles. The normalized spacial score (nSPS) is 26.8. The van der Waals surface area contributed by atoms with Gasteiger partial charge in [-0.3, -0.25) is 33.9 Å². The van der Waals surface area contributed by atoms with Gasteiger partial charge >= 0.3 is 31.7 Å². The lowest BCUT2D eigenvalue weighted by Gasteiger charge is -2.48. The molecule has 11 aliphatic heterocycles. The van der Waals surface area contributed by atoms with Gasteiger partial charge in [0.1, 0.15) is 54.2 Å². The minimum atomic E-state index is -4.42. The van der Waals surface area contributed by atoms with E-state index in [4.69, 9.17) is 46.6 Å². The lowest BCUT2D eigenvalue weighted by atomic mass is 9.79. The molecule has 4 fully saturated rings. The molecule has 19 atom stereocenters. The number of phosphoric acid groups is 1. The molecule has 0 radical (unpaired) electrons. The number of carboxylic acid groups (broad SMARTS) is 1. The van der Waals surface area contributed by atoms with Crippen molar-refractivity contribution in [1.82, 2.24) is 49.7 Å². The number of nitrogens with one attached hydrogen (secondary N) is 1. The number of aliphatic carboxylic acids is 1. The zero-order valence-corrected chi connectivity index (χ0v) is 85.3. The Morgan fingerprint density at radius 3 is 1.17 bits per heavy atom. The van der Waals surface area contributed by atoms with Gasteiger partial charge in [-0.05, 0) is 143 Å². The maximum Gasteiger partial charge on any atom is 0.646 e. The molecule has 5 aromatic rings. The molecular formula is C93H117N10O20PS6Si2. The van der Waals surface area contributed by atoms with E-state index in [9.17, 15) is 58.2 Å². The number of carbonyl (C=O) groups excluding carboxylic acids is 7. The smallest absolute Gasteiger partial charge is 0.477 e. The Morgan fingerprint density at radius 1 is 0.500 bits per heavy atom. The fourth-order valence-electron chi connectivity index (χ4n) is 18.4. The Morgan fingerprint density at radius 2 is 0.833 bits per heavy atom. The number of amides is 4. The number of thiazole rings is 3. The summed E-state index contributed by atoms with van der Waals surface area (Å²) in [6.45, 7) is 47.1. The molecule has 4 N–H and O–H groups in total. The Labute approximate surface area is 797 Å². The summed E-state index contributed by atoms with van der Waals surface area (Å²) in [4.78, 5) is 130. The van der Waals surface area contributed by atoms with Crippen LogP contribution < -0.4 is 14.4 Å². The first kappa shape index (κ1) is 101. The predicted octanol–water partition coefficient (Wildman–Crippen LogP) is 15.1. The Bertz CT molecular complexity index is 5540. The zero-order chi connectivity index (χ0) is 95.9. The highest BCUT2D eigenvalue weighted by molar-refractivity contribution is 8.05. The number of hydrogen-bond acceptors (Lipinski definition) is 31. The number of fused-ring (bicyclic) bond motifs is 4. The van der Waals surface area contributed by atoms with Crippen LogP contribution in [-0.4, -0.2) is 244 Å². The summed E-state index contributed by atoms with van der Waals surface area (Å²) in [6, 6.07) is 16.8. The summed E-state index contributed by atoms with van der Waals surface area (Å²) < 4.78 is 62.6. The SMILES string of the molecule is C=CCOC(=O)C1=C(OP(=O)(Oc2ccccc2)Oc2ccccc2)[C@H](C)[C@@H]2[C@@H]([C@@H](C)O[Si](C)(C)C)C(=O)N12.C=CCOC(=O)C1=C(Sc2nc(C3=C[C@H](C)N(C)C3)cs2)[C@H](C)[C@@H]2[C@@H]([C@@H](C)O)C(=O)N12.C=CCOC(=O)C1=C(Sc2nc(C3=C[C@H](C)N(C)C3)cs2)[C@H](C)[C@@H]2[C@@H]([C@@H](C)O[Si](C)(C)C)C(=O)N12.C[C@H]1C=C(c2csc(SC3=C(C(=O)O)N4C(=O)[C@H]([C@@H](C)O)[C@H]4[C@H]3C)n2)CN1. The highest BCUT2D eigenvalue weighted by Gasteiger charge is 2.66. The van der Waals surface area contributed by atoms with Crippen LogP contribution in [0.4, 0.5) is 0 Å². The van der Waals surface area contributed by atoms with Crippen LogP contribution in [0, 0.1) is 47.3 Å². The van der Waals surface area contributed by atoms with E-state index < -0.39 is 90.3 Å². The zero-order valence-electron chi connectivity index (χ0n) is 77.5. The number of likely N-dealkylation sites (N-methyl/N-ethyl adjacent to an activating group) is 2. The van der Waals surface area contributed by atoms with Gasteiger partial charge in [0.15, 0.2) is 35.4 Å². The Balaban J connectivity index is 0.000000151. The molecule has 132 heavy (non-hydrogen) atoms. The number of carboxylic acids is 1. The number of aromatic nitrogens is 3. The number of aliphatic hydroxyl groups is 2. The number of hydrogen-bond donors (Lipinski definition) is 4. The number of β-lactam (4-membered cyclic amide) rings is 4. The number of benzene rings is 2. The van der Waals surface area contributed by atoms with Crippen LogP contribution in [0.5, 0.6) is 11.5 Å². The number of thioether (sulfide) groups is 3. The second-order valence-electron chi connectivity index (χ2n) is 36.4. The van der Waals surface area contributed by atoms with Gasteiger partial charge in [0, 0.05) is 92.3 Å². The van der Waals surface area contributed by atoms with Crippen LogP contribution >= 0.6 is 77.1 Å². The summed E-state index contributed by atoms with van der Waals surface area (Å²) in [5.41, 5.74) is 6.93. The number of rotatable bonds is 33. The number of ether oxygens (including phenoxy) is 3. The van der Waals surface area contributed by atoms with E-state index in [1.165, 1.54) is 102 Å². The van der Waals surface area contributed by atoms with E-state index >= 15 is 0 Å². The minimum absolute atomic E-state index is 0.000288. The van der Waals surface area contributed by atoms with Gasteiger partial charge in [0.25, 0.3) is 0 Å². The van der Waals surface area contributed by atoms with E-state index in [1.54, 1.807) is 97.7 Å². The van der Waals surface area contributed by atoms with E-state index in [2.05, 4.69) is 125 Å². The lowest BCUT2D eigenvalue weighted by Crippen LogP contribution is -2.64. The summed E-state index contributed by atoms with van der Waals surface area (Å²) >= 11 is 8.79. The number of nitrogens with zero attached hydrogens (tertiary/aromatic N) is 9. The van der Waals surface area contributed by atoms with Crippen LogP contribution in [0.25, 0.3) is 16.7 Å². The van der Waals surface area contributed by atoms with Gasteiger partial charge in [-0.25, -0.2) is 34.1 Å². The summed E-state index contributed by atoms with van der Waals surface area (Å²) in [6.07, 6.45) is 8.90. The summed E-state index contributed by atoms with van der Waals surface area (Å²) in [5, 5.41) is 39.1. The molecule has 2 aromatic carbocycles. The fourth-order valence-corrected chi connectivity index (χ4v) is 28.7. The molecule has 0 saturated carbocycles. The van der Waals surface area contributed by atoms with Crippen molar-refractivity contribution in [2.75, 3.05) is 53.6 Å². The van der Waals surface area contributed by atoms with Crippen molar-refractivity contribution in [3.63, 3.8) is 0 Å². The standard InChI is InChI=1S/C28H34NO8PSi.C25H35N3O4S2Si.C22H27N3O4S2.C18H21N3O4S2/c1-7-18-33-28(31)25-26(19(2)24-23(27(30)29(24)25)20(3)37-39(4,5)6)36-38(32,34-21-14-10-8-11-15-21)35-22-16-12-9-13-17-22;1-9-10-31-24(30)21-22(34-25-26-18(13-33-25)17-11-14(2)27(5)12-17)15(3)20-19(23(29)28(20)21)16(4)32-35(6,7)8;1-6-7-29-21(28)18-19(12(3)17-16(13(4)26)20(27)25(17)18)31-22-23-15(10-30-22)14-8-11(2)24(5)9-14;1-7-4-10(5-19-7)11-6-26-18(20-11)27-15-8(2)13-12(9(3)22)16(23)21(13)14(15)17(24)25/h7-17,19-20,23-24H,1,18H2,2-6H3;9,11,13-16,19-20H,1,10,12H2,2-8H3;6,8,10-13,16-17,26H,1,7,9H2,2-5H3;4,6-9,12-13,19,22H,5H2,1-3H3,(H,24,25)/t19-,20-,23-,24-;14-,15+,16+,19+,20+;11-,12+,13+,16+,17+;7-,8+,9+,12+,13+/m1000/s1. The number of para-hydroxylation sites is 2. The largest absolute Gasteiger partial charge is 0.646 e. The molecule has 3 aromatic heterocycles. The number of carbonyl (C=O) groups is 8. The first-order valence-electron chi connectivity index (χ1n) is 43.9. The third kappa shape index (κ3) is 21.1. The third-order valence-corrected chi connectivity index (χ3v) is 34.7. The van der Waals surface area contributed by atoms with Crippen molar-refractivity contribution in [1.29, 1.82) is 0 Å². The highest BCUT2D eigenvalue weighted by atomic mass is 32.2. The van der Waals surface area contributed by atoms with Crippen LogP contribution in [0.3, 0.4) is 0 Å². The van der Waals surface area contributed by atoms with Crippen molar-refractivity contribution in [3.05, 3.63) is 193 Å². The molecule has 708 valence electrons. The van der Waals surface area contributed by atoms with E-state index in [1.807, 2.05) is 58.1 Å². The van der Waals surface area contributed by atoms with Crippen LogP contribution in [0.15, 0.2) is 189 Å². The highest BCUT2D eigenvalue weighted by Crippen LogP contribution is 2.60. The number of esters is 3. The monoisotopic (exact) mass is 1970 g/mol. The molecule has 0 bridgehead atoms. The van der Waals surface area contributed by atoms with E-state index in [0.717, 1.165) is 65.1 Å². The first-order chi connectivity index (χ1) is 62.4. The number of aliphatic hydroxyl groups excluding tert-OH is 2. The van der Waals surface area contributed by atoms with Gasteiger partial charge < -0.3 is 72.0 Å². The van der Waals surface area contributed by atoms with Crippen molar-refractivity contribution in [2.45, 2.75) is 195 Å². The van der Waals surface area contributed by atoms with Gasteiger partial charge in [0.05, 0.1) is 89.3 Å². The first-order valence-corrected chi connectivity index (χ1v) is 57.3. The Hall–Kier alpha value is -8.68. The van der Waals surface area contributed by atoms with Crippen LogP contribution in [0.1, 0.15) is 93.2 Å². The molecule has 30 nitrogen and oxygen atoms in total. The fraction of sp³-hybridized carbons (Fsp3) is 0.473. The lowest BCUT2D eigenvalue weighted by molar-refractivity contribution is -0.164. The summed E-state index contributed by atoms with van der Waals surface area (Å²) in [5.74, 6) is -6.01. The molecule has 39 heteroatoms.